The summed E-state index contributed by atoms with van der Waals surface area (Å²) in [5, 5.41) is 0. The average molecular weight is 443 g/mol. The van der Waals surface area contributed by atoms with Crippen LogP contribution in [-0.4, -0.2) is 30.6 Å². The number of methoxy groups -OCH3 is 1. The lowest BCUT2D eigenvalue weighted by atomic mass is 9.82. The van der Waals surface area contributed by atoms with Crippen LogP contribution in [-0.2, 0) is 4.74 Å². The maximum Gasteiger partial charge on any atom is 0.343 e. The van der Waals surface area contributed by atoms with Crippen molar-refractivity contribution < 1.29 is 31.8 Å². The van der Waals surface area contributed by atoms with E-state index < -0.39 is 34.9 Å². The van der Waals surface area contributed by atoms with Crippen LogP contribution in [0.3, 0.4) is 0 Å². The van der Waals surface area contributed by atoms with Gasteiger partial charge in [-0.15, -0.1) is 0 Å². The van der Waals surface area contributed by atoms with Crippen molar-refractivity contribution in [1.29, 1.82) is 0 Å². The molecular formula is C22H25F4NO4. The molecule has 9 heteroatoms. The molecule has 0 amide bonds. The lowest BCUT2D eigenvalue weighted by Gasteiger charge is -2.29. The number of ether oxygens (including phenoxy) is 2. The zero-order chi connectivity index (χ0) is 23.2. The van der Waals surface area contributed by atoms with Crippen LogP contribution in [0, 0.1) is 18.6 Å². The van der Waals surface area contributed by atoms with Crippen LogP contribution >= 0.6 is 0 Å². The molecule has 0 saturated heterocycles. The first-order valence-electron chi connectivity index (χ1n) is 9.86. The number of carbonyl (C=O) groups excluding carboxylic acids is 1. The zero-order valence-electron chi connectivity index (χ0n) is 17.6. The Morgan fingerprint density at radius 2 is 2.00 bits per heavy atom. The quantitative estimate of drug-likeness (QED) is 0.526. The molecule has 1 N–H and O–H groups in total. The Hall–Kier alpha value is -2.84. The third kappa shape index (κ3) is 6.08. The molecule has 0 bridgehead atoms. The molecule has 5 nitrogen and oxygen atoms in total. The molecule has 31 heavy (non-hydrogen) atoms. The third-order valence-corrected chi connectivity index (χ3v) is 4.96. The highest BCUT2D eigenvalue weighted by Gasteiger charge is 2.39. The van der Waals surface area contributed by atoms with Crippen LogP contribution in [0.5, 0.6) is 5.75 Å². The summed E-state index contributed by atoms with van der Waals surface area (Å²) >= 11 is 0. The normalized spacial score (nSPS) is 17.3. The SMILES string of the molecule is CCOC(=O)c1c([C@H]2CCCC(F)(F)C2)[nH]cc(C)c1=O.COc1cccc(F)c1F. The van der Waals surface area contributed by atoms with Crippen LogP contribution < -0.4 is 10.2 Å². The Bertz CT molecular complexity index is 974. The van der Waals surface area contributed by atoms with E-state index in [1.807, 2.05) is 0 Å². The smallest absolute Gasteiger partial charge is 0.343 e. The Labute approximate surface area is 177 Å². The Morgan fingerprint density at radius 1 is 1.29 bits per heavy atom. The van der Waals surface area contributed by atoms with Crippen molar-refractivity contribution in [2.24, 2.45) is 0 Å². The van der Waals surface area contributed by atoms with Crippen LogP contribution in [0.15, 0.2) is 29.2 Å². The van der Waals surface area contributed by atoms with E-state index in [1.165, 1.54) is 25.4 Å². The molecule has 1 aromatic carbocycles. The van der Waals surface area contributed by atoms with Crippen molar-refractivity contribution in [3.63, 3.8) is 0 Å². The van der Waals surface area contributed by atoms with Gasteiger partial charge in [-0.2, -0.15) is 4.39 Å². The van der Waals surface area contributed by atoms with Crippen LogP contribution in [0.25, 0.3) is 0 Å². The number of nitrogens with one attached hydrogen (secondary N) is 1. The number of aromatic amines is 1. The van der Waals surface area contributed by atoms with E-state index in [2.05, 4.69) is 9.72 Å². The summed E-state index contributed by atoms with van der Waals surface area (Å²) in [4.78, 5) is 27.1. The Balaban J connectivity index is 0.000000285. The van der Waals surface area contributed by atoms with Crippen LogP contribution in [0.4, 0.5) is 17.6 Å². The number of aromatic nitrogens is 1. The Morgan fingerprint density at radius 3 is 2.58 bits per heavy atom. The minimum absolute atomic E-state index is 0.0694. The summed E-state index contributed by atoms with van der Waals surface area (Å²) in [6.07, 6.45) is 1.87. The van der Waals surface area contributed by atoms with E-state index in [9.17, 15) is 27.2 Å². The van der Waals surface area contributed by atoms with Gasteiger partial charge in [0.05, 0.1) is 13.7 Å². The van der Waals surface area contributed by atoms with E-state index in [4.69, 9.17) is 4.74 Å². The van der Waals surface area contributed by atoms with E-state index in [0.29, 0.717) is 18.4 Å². The molecule has 1 fully saturated rings. The fourth-order valence-corrected chi connectivity index (χ4v) is 3.43. The lowest BCUT2D eigenvalue weighted by molar-refractivity contribution is -0.0414. The monoisotopic (exact) mass is 443 g/mol. The van der Waals surface area contributed by atoms with Crippen molar-refractivity contribution in [3.05, 3.63) is 63.1 Å². The van der Waals surface area contributed by atoms with Gasteiger partial charge in [-0.25, -0.2) is 18.0 Å². The predicted octanol–water partition coefficient (Wildman–Crippen LogP) is 5.13. The second-order valence-electron chi connectivity index (χ2n) is 7.22. The minimum atomic E-state index is -2.75. The molecule has 1 heterocycles. The van der Waals surface area contributed by atoms with Crippen LogP contribution in [0.1, 0.15) is 60.1 Å². The molecule has 3 rings (SSSR count). The number of halogens is 4. The Kier molecular flexibility index (Phi) is 8.24. The van der Waals surface area contributed by atoms with Gasteiger partial charge < -0.3 is 14.5 Å². The standard InChI is InChI=1S/C15H19F2NO3.C7H6F2O/c1-3-21-14(20)11-12(18-8-9(2)13(11)19)10-5-4-6-15(16,17)7-10;1-10-6-4-2-3-5(8)7(6)9/h8,10H,3-7H2,1-2H3,(H,18,19);2-4H,1H3/t10-;/m0./s1. The fourth-order valence-electron chi connectivity index (χ4n) is 3.43. The minimum Gasteiger partial charge on any atom is -0.494 e. The average Bonchev–Trinajstić information content (AvgIpc) is 2.71. The van der Waals surface area contributed by atoms with Gasteiger partial charge in [-0.05, 0) is 38.8 Å². The summed E-state index contributed by atoms with van der Waals surface area (Å²) in [5.41, 5.74) is 0.0726. The van der Waals surface area contributed by atoms with E-state index in [1.54, 1.807) is 13.8 Å². The van der Waals surface area contributed by atoms with Gasteiger partial charge in [0.15, 0.2) is 17.0 Å². The number of hydrogen-bond acceptors (Lipinski definition) is 4. The molecule has 1 aliphatic rings. The summed E-state index contributed by atoms with van der Waals surface area (Å²) in [7, 11) is 1.29. The van der Waals surface area contributed by atoms with Crippen molar-refractivity contribution in [2.75, 3.05) is 13.7 Å². The topological polar surface area (TPSA) is 68.4 Å². The molecule has 1 atom stereocenters. The third-order valence-electron chi connectivity index (χ3n) is 4.96. The molecule has 1 saturated carbocycles. The van der Waals surface area contributed by atoms with Gasteiger partial charge in [-0.3, -0.25) is 4.79 Å². The van der Waals surface area contributed by atoms with Crippen LogP contribution in [0.2, 0.25) is 0 Å². The molecule has 1 aromatic heterocycles. The first-order valence-corrected chi connectivity index (χ1v) is 9.86. The molecule has 0 radical (unpaired) electrons. The summed E-state index contributed by atoms with van der Waals surface area (Å²) < 4.78 is 61.4. The van der Waals surface area contributed by atoms with E-state index in [-0.39, 0.29) is 36.5 Å². The van der Waals surface area contributed by atoms with Crippen molar-refractivity contribution in [2.45, 2.75) is 51.4 Å². The molecule has 2 aromatic rings. The lowest BCUT2D eigenvalue weighted by Crippen LogP contribution is -2.30. The molecule has 1 aliphatic carbocycles. The number of alkyl halides is 2. The highest BCUT2D eigenvalue weighted by atomic mass is 19.3. The fraction of sp³-hybridized carbons (Fsp3) is 0.455. The number of rotatable bonds is 4. The first kappa shape index (κ1) is 24.4. The largest absolute Gasteiger partial charge is 0.494 e. The molecule has 0 unspecified atom stereocenters. The van der Waals surface area contributed by atoms with Crippen molar-refractivity contribution in [3.8, 4) is 5.75 Å². The maximum absolute atomic E-state index is 13.6. The summed E-state index contributed by atoms with van der Waals surface area (Å²) in [6.45, 7) is 3.34. The number of H-pyrrole nitrogens is 1. The summed E-state index contributed by atoms with van der Waals surface area (Å²) in [6, 6.07) is 3.79. The second-order valence-corrected chi connectivity index (χ2v) is 7.22. The number of pyridine rings is 1. The van der Waals surface area contributed by atoms with Crippen molar-refractivity contribution >= 4 is 5.97 Å². The van der Waals surface area contributed by atoms with E-state index in [0.717, 1.165) is 6.07 Å². The van der Waals surface area contributed by atoms with Gasteiger partial charge in [0, 0.05) is 36.2 Å². The highest BCUT2D eigenvalue weighted by molar-refractivity contribution is 5.90. The highest BCUT2D eigenvalue weighted by Crippen LogP contribution is 2.41. The molecule has 170 valence electrons. The van der Waals surface area contributed by atoms with Crippen molar-refractivity contribution in [1.82, 2.24) is 4.98 Å². The number of esters is 1. The van der Waals surface area contributed by atoms with Gasteiger partial charge in [0.1, 0.15) is 5.56 Å². The maximum atomic E-state index is 13.6. The first-order chi connectivity index (χ1) is 14.6. The molecule has 0 aliphatic heterocycles. The van der Waals surface area contributed by atoms with Gasteiger partial charge in [-0.1, -0.05) is 6.07 Å². The molecular weight excluding hydrogens is 418 g/mol. The number of carbonyl (C=O) groups is 1. The zero-order valence-corrected chi connectivity index (χ0v) is 17.6. The van der Waals surface area contributed by atoms with E-state index >= 15 is 0 Å². The number of hydrogen-bond donors (Lipinski definition) is 1. The van der Waals surface area contributed by atoms with Gasteiger partial charge >= 0.3 is 5.97 Å². The number of aryl methyl sites for hydroxylation is 1. The summed E-state index contributed by atoms with van der Waals surface area (Å²) in [5.74, 6) is -5.92. The van der Waals surface area contributed by atoms with Gasteiger partial charge in [0.25, 0.3) is 0 Å². The number of benzene rings is 1. The predicted molar refractivity (Wildman–Crippen MR) is 107 cm³/mol. The van der Waals surface area contributed by atoms with Gasteiger partial charge in [0.2, 0.25) is 11.7 Å². The second kappa shape index (κ2) is 10.5. The molecule has 0 spiro atoms.